The molecule has 0 saturated heterocycles. The molecule has 0 spiro atoms. The molecule has 1 atom stereocenters. The fourth-order valence-corrected chi connectivity index (χ4v) is 3.31. The van der Waals surface area contributed by atoms with E-state index in [2.05, 4.69) is 4.72 Å². The van der Waals surface area contributed by atoms with Crippen molar-refractivity contribution in [1.29, 1.82) is 0 Å². The Bertz CT molecular complexity index is 741. The molecule has 1 amide bonds. The fourth-order valence-electron chi connectivity index (χ4n) is 2.09. The highest BCUT2D eigenvalue weighted by Crippen LogP contribution is 2.20. The van der Waals surface area contributed by atoms with Gasteiger partial charge in [0, 0.05) is 6.42 Å². The number of amides is 1. The van der Waals surface area contributed by atoms with Gasteiger partial charge in [-0.25, -0.2) is 13.1 Å². The van der Waals surface area contributed by atoms with Crippen molar-refractivity contribution in [2.45, 2.75) is 24.3 Å². The van der Waals surface area contributed by atoms with Gasteiger partial charge >= 0.3 is 0 Å². The Kier molecular flexibility index (Phi) is 4.95. The van der Waals surface area contributed by atoms with E-state index in [-0.39, 0.29) is 11.3 Å². The largest absolute Gasteiger partial charge is 0.370 e. The number of nitrogens with two attached hydrogens (primary N) is 1. The van der Waals surface area contributed by atoms with E-state index in [1.54, 1.807) is 36.4 Å². The Morgan fingerprint density at radius 2 is 1.68 bits per heavy atom. The molecular weight excluding hydrogens is 300 g/mol. The molecule has 3 N–H and O–H groups in total. The van der Waals surface area contributed by atoms with E-state index in [1.807, 2.05) is 13.0 Å². The molecule has 0 fully saturated rings. The molecule has 22 heavy (non-hydrogen) atoms. The third-order valence-corrected chi connectivity index (χ3v) is 4.72. The average molecular weight is 318 g/mol. The number of hydrogen-bond acceptors (Lipinski definition) is 3. The summed E-state index contributed by atoms with van der Waals surface area (Å²) in [5, 5.41) is 0. The summed E-state index contributed by atoms with van der Waals surface area (Å²) in [6, 6.07) is 14.7. The van der Waals surface area contributed by atoms with Crippen LogP contribution < -0.4 is 10.5 Å². The van der Waals surface area contributed by atoms with Crippen LogP contribution in [0.1, 0.15) is 23.6 Å². The second-order valence-electron chi connectivity index (χ2n) is 5.07. The first-order chi connectivity index (χ1) is 10.4. The Balaban J connectivity index is 2.30. The number of nitrogens with one attached hydrogen (secondary N) is 1. The molecule has 2 aromatic carbocycles. The molecule has 5 nitrogen and oxygen atoms in total. The summed E-state index contributed by atoms with van der Waals surface area (Å²) in [5.41, 5.74) is 6.89. The first-order valence-corrected chi connectivity index (χ1v) is 8.29. The van der Waals surface area contributed by atoms with Gasteiger partial charge in [-0.15, -0.1) is 0 Å². The molecule has 2 aromatic rings. The van der Waals surface area contributed by atoms with Gasteiger partial charge in [0.05, 0.1) is 10.9 Å². The summed E-state index contributed by atoms with van der Waals surface area (Å²) < 4.78 is 27.4. The van der Waals surface area contributed by atoms with E-state index in [0.29, 0.717) is 5.56 Å². The van der Waals surface area contributed by atoms with Crippen LogP contribution in [0.3, 0.4) is 0 Å². The number of carbonyl (C=O) groups excluding carboxylic acids is 1. The Hall–Kier alpha value is -2.18. The third kappa shape index (κ3) is 4.16. The maximum atomic E-state index is 12.4. The van der Waals surface area contributed by atoms with Crippen molar-refractivity contribution >= 4 is 15.9 Å². The summed E-state index contributed by atoms with van der Waals surface area (Å²) in [6.07, 6.45) is -0.102. The summed E-state index contributed by atoms with van der Waals surface area (Å²) in [6.45, 7) is 1.88. The lowest BCUT2D eigenvalue weighted by Crippen LogP contribution is -2.31. The van der Waals surface area contributed by atoms with Crippen molar-refractivity contribution in [1.82, 2.24) is 4.72 Å². The monoisotopic (exact) mass is 318 g/mol. The van der Waals surface area contributed by atoms with Crippen molar-refractivity contribution in [3.8, 4) is 0 Å². The van der Waals surface area contributed by atoms with E-state index in [4.69, 9.17) is 5.73 Å². The predicted molar refractivity (Wildman–Crippen MR) is 84.5 cm³/mol. The zero-order valence-corrected chi connectivity index (χ0v) is 13.0. The van der Waals surface area contributed by atoms with E-state index >= 15 is 0 Å². The molecule has 2 rings (SSSR count). The molecule has 0 aliphatic carbocycles. The van der Waals surface area contributed by atoms with Gasteiger partial charge < -0.3 is 5.73 Å². The van der Waals surface area contributed by atoms with Crippen LogP contribution in [0.15, 0.2) is 59.5 Å². The second-order valence-corrected chi connectivity index (χ2v) is 6.78. The van der Waals surface area contributed by atoms with Crippen molar-refractivity contribution < 1.29 is 13.2 Å². The van der Waals surface area contributed by atoms with Crippen LogP contribution in [0.4, 0.5) is 0 Å². The first kappa shape index (κ1) is 16.2. The minimum absolute atomic E-state index is 0.102. The number of aryl methyl sites for hydroxylation is 1. The molecule has 0 radical (unpaired) electrons. The number of benzene rings is 2. The maximum absolute atomic E-state index is 12.4. The minimum Gasteiger partial charge on any atom is -0.370 e. The highest BCUT2D eigenvalue weighted by Gasteiger charge is 2.22. The lowest BCUT2D eigenvalue weighted by molar-refractivity contribution is -0.118. The van der Waals surface area contributed by atoms with Gasteiger partial charge in [0.25, 0.3) is 0 Å². The molecule has 0 aromatic heterocycles. The lowest BCUT2D eigenvalue weighted by Gasteiger charge is -2.18. The first-order valence-electron chi connectivity index (χ1n) is 6.81. The van der Waals surface area contributed by atoms with E-state index in [0.717, 1.165) is 5.56 Å². The molecule has 0 aliphatic heterocycles. The number of sulfonamides is 1. The van der Waals surface area contributed by atoms with Gasteiger partial charge in [-0.2, -0.15) is 0 Å². The standard InChI is InChI=1S/C16H18N2O3S/c1-12-7-9-14(10-8-12)22(20,21)18-15(11-16(17)19)13-5-3-2-4-6-13/h2-10,15,18H,11H2,1H3,(H2,17,19)/t15-/m1/s1. The SMILES string of the molecule is Cc1ccc(S(=O)(=O)N[C@H](CC(N)=O)c2ccccc2)cc1. The van der Waals surface area contributed by atoms with Gasteiger partial charge in [-0.3, -0.25) is 4.79 Å². The number of rotatable bonds is 6. The Labute approximate surface area is 130 Å². The zero-order valence-electron chi connectivity index (χ0n) is 12.2. The van der Waals surface area contributed by atoms with Crippen LogP contribution in [0, 0.1) is 6.92 Å². The quantitative estimate of drug-likeness (QED) is 0.852. The van der Waals surface area contributed by atoms with Crippen LogP contribution in [0.2, 0.25) is 0 Å². The predicted octanol–water partition coefficient (Wildman–Crippen LogP) is 1.89. The van der Waals surface area contributed by atoms with Crippen molar-refractivity contribution in [3.05, 3.63) is 65.7 Å². The lowest BCUT2D eigenvalue weighted by atomic mass is 10.1. The third-order valence-electron chi connectivity index (χ3n) is 3.24. The van der Waals surface area contributed by atoms with Crippen molar-refractivity contribution in [2.75, 3.05) is 0 Å². The van der Waals surface area contributed by atoms with Gasteiger partial charge in [0.15, 0.2) is 0 Å². The van der Waals surface area contributed by atoms with E-state index in [1.165, 1.54) is 12.1 Å². The van der Waals surface area contributed by atoms with Crippen LogP contribution in [-0.4, -0.2) is 14.3 Å². The van der Waals surface area contributed by atoms with Gasteiger partial charge in [-0.1, -0.05) is 48.0 Å². The molecule has 0 bridgehead atoms. The van der Waals surface area contributed by atoms with Crippen LogP contribution in [0.25, 0.3) is 0 Å². The number of hydrogen-bond donors (Lipinski definition) is 2. The fraction of sp³-hybridized carbons (Fsp3) is 0.188. The number of carbonyl (C=O) groups is 1. The van der Waals surface area contributed by atoms with Crippen LogP contribution >= 0.6 is 0 Å². The minimum atomic E-state index is -3.73. The van der Waals surface area contributed by atoms with E-state index in [9.17, 15) is 13.2 Å². The highest BCUT2D eigenvalue weighted by molar-refractivity contribution is 7.89. The van der Waals surface area contributed by atoms with Crippen molar-refractivity contribution in [3.63, 3.8) is 0 Å². The van der Waals surface area contributed by atoms with Crippen LogP contribution in [-0.2, 0) is 14.8 Å². The molecule has 0 unspecified atom stereocenters. The normalized spacial score (nSPS) is 12.8. The summed E-state index contributed by atoms with van der Waals surface area (Å²) in [7, 11) is -3.73. The summed E-state index contributed by atoms with van der Waals surface area (Å²) >= 11 is 0. The molecule has 0 aliphatic rings. The molecule has 0 saturated carbocycles. The molecule has 0 heterocycles. The Morgan fingerprint density at radius 1 is 1.09 bits per heavy atom. The highest BCUT2D eigenvalue weighted by atomic mass is 32.2. The summed E-state index contributed by atoms with van der Waals surface area (Å²) in [4.78, 5) is 11.4. The zero-order chi connectivity index (χ0) is 16.2. The maximum Gasteiger partial charge on any atom is 0.241 e. The second kappa shape index (κ2) is 6.72. The smallest absolute Gasteiger partial charge is 0.241 e. The molecular formula is C16H18N2O3S. The van der Waals surface area contributed by atoms with Gasteiger partial charge in [0.1, 0.15) is 0 Å². The molecule has 6 heteroatoms. The number of primary amides is 1. The topological polar surface area (TPSA) is 89.3 Å². The van der Waals surface area contributed by atoms with Gasteiger partial charge in [0.2, 0.25) is 15.9 Å². The van der Waals surface area contributed by atoms with Crippen LogP contribution in [0.5, 0.6) is 0 Å². The van der Waals surface area contributed by atoms with Crippen molar-refractivity contribution in [2.24, 2.45) is 5.73 Å². The average Bonchev–Trinajstić information content (AvgIpc) is 2.47. The van der Waals surface area contributed by atoms with Gasteiger partial charge in [-0.05, 0) is 24.6 Å². The van der Waals surface area contributed by atoms with E-state index < -0.39 is 22.0 Å². The molecule has 116 valence electrons. The summed E-state index contributed by atoms with van der Waals surface area (Å²) in [5.74, 6) is -0.569. The Morgan fingerprint density at radius 3 is 2.23 bits per heavy atom.